The second kappa shape index (κ2) is 5.73. The van der Waals surface area contributed by atoms with Crippen LogP contribution in [0, 0.1) is 13.8 Å². The average molecular weight is 312 g/mol. The molecule has 5 heteroatoms. The van der Waals surface area contributed by atoms with Crippen molar-refractivity contribution >= 4 is 34.2 Å². The lowest BCUT2D eigenvalue weighted by atomic mass is 10.1. The van der Waals surface area contributed by atoms with Gasteiger partial charge in [0.05, 0.1) is 16.8 Å². The zero-order chi connectivity index (χ0) is 15.7. The third-order valence-electron chi connectivity index (χ3n) is 3.37. The molecular weight excluding hydrogens is 298 g/mol. The maximum absolute atomic E-state index is 12.5. The molecule has 0 aliphatic rings. The van der Waals surface area contributed by atoms with Gasteiger partial charge in [-0.25, -0.2) is 4.98 Å². The smallest absolute Gasteiger partial charge is 0.258 e. The summed E-state index contributed by atoms with van der Waals surface area (Å²) < 4.78 is 0. The standard InChI is InChI=1S/C17H14ClN3O/c1-10-5-6-19-16(7-10)21-17(22)14-9-12-8-13(18)3-4-15(12)20-11(14)2/h3-9H,1-2H3,(H,19,21,22). The number of hydrogen-bond acceptors (Lipinski definition) is 3. The first kappa shape index (κ1) is 14.5. The number of aryl methyl sites for hydroxylation is 2. The molecule has 2 heterocycles. The monoisotopic (exact) mass is 311 g/mol. The number of halogens is 1. The molecular formula is C17H14ClN3O. The number of rotatable bonds is 2. The number of anilines is 1. The maximum Gasteiger partial charge on any atom is 0.258 e. The van der Waals surface area contributed by atoms with Crippen LogP contribution < -0.4 is 5.32 Å². The Hall–Kier alpha value is -2.46. The fourth-order valence-corrected chi connectivity index (χ4v) is 2.44. The van der Waals surface area contributed by atoms with Crippen molar-refractivity contribution in [2.75, 3.05) is 5.32 Å². The van der Waals surface area contributed by atoms with Gasteiger partial charge in [-0.3, -0.25) is 9.78 Å². The minimum atomic E-state index is -0.232. The van der Waals surface area contributed by atoms with Crippen molar-refractivity contribution in [2.24, 2.45) is 0 Å². The molecule has 0 unspecified atom stereocenters. The normalized spacial score (nSPS) is 10.7. The second-order valence-electron chi connectivity index (χ2n) is 5.13. The number of carbonyl (C=O) groups is 1. The van der Waals surface area contributed by atoms with Crippen LogP contribution in [0.5, 0.6) is 0 Å². The van der Waals surface area contributed by atoms with Crippen LogP contribution in [0.15, 0.2) is 42.6 Å². The van der Waals surface area contributed by atoms with E-state index in [1.54, 1.807) is 24.4 Å². The molecule has 3 aromatic rings. The van der Waals surface area contributed by atoms with Gasteiger partial charge in [0.1, 0.15) is 5.82 Å². The van der Waals surface area contributed by atoms with Crippen molar-refractivity contribution in [1.82, 2.24) is 9.97 Å². The van der Waals surface area contributed by atoms with E-state index in [-0.39, 0.29) is 5.91 Å². The van der Waals surface area contributed by atoms with Crippen LogP contribution in [-0.4, -0.2) is 15.9 Å². The molecule has 0 radical (unpaired) electrons. The molecule has 0 spiro atoms. The molecule has 0 bridgehead atoms. The highest BCUT2D eigenvalue weighted by Gasteiger charge is 2.12. The van der Waals surface area contributed by atoms with E-state index in [2.05, 4.69) is 15.3 Å². The van der Waals surface area contributed by atoms with Gasteiger partial charge in [0.15, 0.2) is 0 Å². The van der Waals surface area contributed by atoms with Gasteiger partial charge in [0, 0.05) is 16.6 Å². The lowest BCUT2D eigenvalue weighted by Crippen LogP contribution is -2.15. The zero-order valence-corrected chi connectivity index (χ0v) is 13.0. The van der Waals surface area contributed by atoms with Crippen molar-refractivity contribution in [2.45, 2.75) is 13.8 Å². The molecule has 0 saturated carbocycles. The molecule has 0 atom stereocenters. The van der Waals surface area contributed by atoms with Gasteiger partial charge in [-0.2, -0.15) is 0 Å². The Kier molecular flexibility index (Phi) is 3.77. The first-order chi connectivity index (χ1) is 10.5. The molecule has 0 saturated heterocycles. The Morgan fingerprint density at radius 1 is 1.14 bits per heavy atom. The fraction of sp³-hybridized carbons (Fsp3) is 0.118. The van der Waals surface area contributed by atoms with E-state index in [1.165, 1.54) is 0 Å². The van der Waals surface area contributed by atoms with Crippen molar-refractivity contribution in [3.63, 3.8) is 0 Å². The molecule has 22 heavy (non-hydrogen) atoms. The van der Waals surface area contributed by atoms with E-state index in [0.717, 1.165) is 16.5 Å². The van der Waals surface area contributed by atoms with Crippen molar-refractivity contribution in [3.8, 4) is 0 Å². The van der Waals surface area contributed by atoms with E-state index >= 15 is 0 Å². The number of aromatic nitrogens is 2. The Bertz CT molecular complexity index is 877. The Morgan fingerprint density at radius 3 is 2.73 bits per heavy atom. The van der Waals surface area contributed by atoms with Gasteiger partial charge >= 0.3 is 0 Å². The Labute approximate surface area is 133 Å². The summed E-state index contributed by atoms with van der Waals surface area (Å²) in [4.78, 5) is 21.0. The fourth-order valence-electron chi connectivity index (χ4n) is 2.26. The van der Waals surface area contributed by atoms with Crippen LogP contribution in [0.25, 0.3) is 10.9 Å². The second-order valence-corrected chi connectivity index (χ2v) is 5.57. The molecule has 3 rings (SSSR count). The third-order valence-corrected chi connectivity index (χ3v) is 3.60. The SMILES string of the molecule is Cc1ccnc(NC(=O)c2cc3cc(Cl)ccc3nc2C)c1. The van der Waals surface area contributed by atoms with E-state index in [1.807, 2.05) is 32.0 Å². The summed E-state index contributed by atoms with van der Waals surface area (Å²) in [5, 5.41) is 4.25. The third kappa shape index (κ3) is 2.92. The molecule has 2 aromatic heterocycles. The van der Waals surface area contributed by atoms with E-state index in [9.17, 15) is 4.79 Å². The van der Waals surface area contributed by atoms with Gasteiger partial charge in [0.25, 0.3) is 5.91 Å². The summed E-state index contributed by atoms with van der Waals surface area (Å²) in [6.07, 6.45) is 1.66. The molecule has 110 valence electrons. The first-order valence-electron chi connectivity index (χ1n) is 6.84. The predicted octanol–water partition coefficient (Wildman–Crippen LogP) is 4.15. The highest BCUT2D eigenvalue weighted by atomic mass is 35.5. The molecule has 0 aliphatic heterocycles. The summed E-state index contributed by atoms with van der Waals surface area (Å²) in [5.41, 5.74) is 3.02. The first-order valence-corrected chi connectivity index (χ1v) is 7.21. The number of carbonyl (C=O) groups excluding carboxylic acids is 1. The van der Waals surface area contributed by atoms with Crippen LogP contribution in [0.4, 0.5) is 5.82 Å². The largest absolute Gasteiger partial charge is 0.307 e. The van der Waals surface area contributed by atoms with Gasteiger partial charge in [-0.1, -0.05) is 11.6 Å². The predicted molar refractivity (Wildman–Crippen MR) is 88.4 cm³/mol. The van der Waals surface area contributed by atoms with E-state index < -0.39 is 0 Å². The number of amides is 1. The summed E-state index contributed by atoms with van der Waals surface area (Å²) in [6.45, 7) is 3.76. The molecule has 1 amide bonds. The van der Waals surface area contributed by atoms with Crippen LogP contribution in [-0.2, 0) is 0 Å². The number of benzene rings is 1. The van der Waals surface area contributed by atoms with E-state index in [4.69, 9.17) is 11.6 Å². The van der Waals surface area contributed by atoms with Gasteiger partial charge < -0.3 is 5.32 Å². The minimum Gasteiger partial charge on any atom is -0.307 e. The molecule has 0 fully saturated rings. The number of nitrogens with one attached hydrogen (secondary N) is 1. The highest BCUT2D eigenvalue weighted by Crippen LogP contribution is 2.21. The lowest BCUT2D eigenvalue weighted by Gasteiger charge is -2.09. The lowest BCUT2D eigenvalue weighted by molar-refractivity contribution is 0.102. The maximum atomic E-state index is 12.5. The zero-order valence-electron chi connectivity index (χ0n) is 12.2. The molecule has 1 N–H and O–H groups in total. The molecule has 4 nitrogen and oxygen atoms in total. The van der Waals surface area contributed by atoms with Crippen molar-refractivity contribution in [3.05, 3.63) is 64.4 Å². The van der Waals surface area contributed by atoms with Gasteiger partial charge in [-0.15, -0.1) is 0 Å². The number of nitrogens with zero attached hydrogens (tertiary/aromatic N) is 2. The topological polar surface area (TPSA) is 54.9 Å². The summed E-state index contributed by atoms with van der Waals surface area (Å²) in [6, 6.07) is 10.9. The van der Waals surface area contributed by atoms with Gasteiger partial charge in [-0.05, 0) is 55.8 Å². The molecule has 0 aliphatic carbocycles. The number of fused-ring (bicyclic) bond motifs is 1. The minimum absolute atomic E-state index is 0.232. The number of hydrogen-bond donors (Lipinski definition) is 1. The van der Waals surface area contributed by atoms with E-state index in [0.29, 0.717) is 22.1 Å². The van der Waals surface area contributed by atoms with Gasteiger partial charge in [0.2, 0.25) is 0 Å². The summed E-state index contributed by atoms with van der Waals surface area (Å²) in [5.74, 6) is 0.292. The van der Waals surface area contributed by atoms with Crippen LogP contribution in [0.3, 0.4) is 0 Å². The average Bonchev–Trinajstić information content (AvgIpc) is 2.47. The Morgan fingerprint density at radius 2 is 1.95 bits per heavy atom. The highest BCUT2D eigenvalue weighted by molar-refractivity contribution is 6.31. The summed E-state index contributed by atoms with van der Waals surface area (Å²) in [7, 11) is 0. The van der Waals surface area contributed by atoms with Crippen LogP contribution in [0.1, 0.15) is 21.6 Å². The number of pyridine rings is 2. The van der Waals surface area contributed by atoms with Crippen molar-refractivity contribution < 1.29 is 4.79 Å². The van der Waals surface area contributed by atoms with Crippen LogP contribution in [0.2, 0.25) is 5.02 Å². The quantitative estimate of drug-likeness (QED) is 0.773. The molecule has 1 aromatic carbocycles. The van der Waals surface area contributed by atoms with Crippen molar-refractivity contribution in [1.29, 1.82) is 0 Å². The summed E-state index contributed by atoms with van der Waals surface area (Å²) >= 11 is 6.00. The van der Waals surface area contributed by atoms with Crippen LogP contribution >= 0.6 is 11.6 Å². The Balaban J connectivity index is 1.98.